The second-order valence-corrected chi connectivity index (χ2v) is 10.0. The number of hydrogen-bond donors (Lipinski definition) is 2. The normalized spacial score (nSPS) is 43.1. The number of carbonyl (C=O) groups is 2. The number of rotatable bonds is 3. The molecule has 1 saturated heterocycles. The molecular weight excluding hydrogens is 400 g/mol. The van der Waals surface area contributed by atoms with Crippen molar-refractivity contribution in [2.75, 3.05) is 0 Å². The lowest BCUT2D eigenvalue weighted by atomic mass is 9.48. The van der Waals surface area contributed by atoms with Gasteiger partial charge in [0, 0.05) is 6.92 Å². The van der Waals surface area contributed by atoms with Crippen LogP contribution < -0.4 is 0 Å². The molecule has 1 aromatic carbocycles. The molecule has 4 rings (SSSR count). The molecule has 2 saturated carbocycles. The van der Waals surface area contributed by atoms with E-state index in [1.54, 1.807) is 37.3 Å². The Bertz CT molecular complexity index is 868. The third-order valence-electron chi connectivity index (χ3n) is 7.93. The van der Waals surface area contributed by atoms with Crippen molar-refractivity contribution < 1.29 is 34.0 Å². The lowest BCUT2D eigenvalue weighted by molar-refractivity contribution is -0.295. The molecule has 8 atom stereocenters. The minimum atomic E-state index is -1.19. The van der Waals surface area contributed by atoms with Gasteiger partial charge in [-0.2, -0.15) is 0 Å². The summed E-state index contributed by atoms with van der Waals surface area (Å²) >= 11 is 0. The second kappa shape index (κ2) is 7.29. The molecule has 1 aromatic rings. The number of fused-ring (bicyclic) bond motifs is 1. The minimum absolute atomic E-state index is 0.0973. The lowest BCUT2D eigenvalue weighted by Crippen LogP contribution is -2.76. The molecule has 1 heterocycles. The maximum absolute atomic E-state index is 13.0. The number of aliphatic hydroxyl groups is 2. The summed E-state index contributed by atoms with van der Waals surface area (Å²) in [6, 6.07) is 8.57. The number of benzene rings is 1. The predicted molar refractivity (Wildman–Crippen MR) is 111 cm³/mol. The first-order chi connectivity index (χ1) is 14.5. The first kappa shape index (κ1) is 22.2. The van der Waals surface area contributed by atoms with E-state index in [0.717, 1.165) is 0 Å². The van der Waals surface area contributed by atoms with Crippen LogP contribution >= 0.6 is 0 Å². The highest BCUT2D eigenvalue weighted by Crippen LogP contribution is 2.67. The highest BCUT2D eigenvalue weighted by atomic mass is 16.6. The molecule has 0 unspecified atom stereocenters. The molecule has 1 spiro atoms. The van der Waals surface area contributed by atoms with Gasteiger partial charge in [-0.15, -0.1) is 0 Å². The van der Waals surface area contributed by atoms with Gasteiger partial charge in [-0.05, 0) is 44.7 Å². The zero-order valence-corrected chi connectivity index (χ0v) is 18.7. The molecule has 7 heteroatoms. The fourth-order valence-corrected chi connectivity index (χ4v) is 6.54. The van der Waals surface area contributed by atoms with Crippen molar-refractivity contribution in [2.24, 2.45) is 17.3 Å². The molecule has 2 aliphatic carbocycles. The van der Waals surface area contributed by atoms with E-state index >= 15 is 0 Å². The van der Waals surface area contributed by atoms with Crippen molar-refractivity contribution in [2.45, 2.75) is 83.1 Å². The van der Waals surface area contributed by atoms with E-state index < -0.39 is 58.9 Å². The summed E-state index contributed by atoms with van der Waals surface area (Å²) in [6.07, 6.45) is -2.78. The predicted octanol–water partition coefficient (Wildman–Crippen LogP) is 2.48. The molecule has 2 N–H and O–H groups in total. The molecule has 0 aromatic heterocycles. The summed E-state index contributed by atoms with van der Waals surface area (Å²) in [5.41, 5.74) is -2.79. The average Bonchev–Trinajstić information content (AvgIpc) is 2.91. The Labute approximate surface area is 182 Å². The van der Waals surface area contributed by atoms with Crippen molar-refractivity contribution in [3.63, 3.8) is 0 Å². The van der Waals surface area contributed by atoms with Crippen LogP contribution in [0, 0.1) is 17.3 Å². The number of ether oxygens (including phenoxy) is 3. The number of hydrogen-bond acceptors (Lipinski definition) is 7. The summed E-state index contributed by atoms with van der Waals surface area (Å²) in [6.45, 7) is 8.82. The highest BCUT2D eigenvalue weighted by Gasteiger charge is 2.80. The van der Waals surface area contributed by atoms with Gasteiger partial charge in [0.25, 0.3) is 0 Å². The van der Waals surface area contributed by atoms with Crippen molar-refractivity contribution >= 4 is 11.9 Å². The minimum Gasteiger partial charge on any atom is -0.459 e. The third-order valence-corrected chi connectivity index (χ3v) is 7.93. The van der Waals surface area contributed by atoms with E-state index in [0.29, 0.717) is 18.4 Å². The smallest absolute Gasteiger partial charge is 0.338 e. The van der Waals surface area contributed by atoms with Gasteiger partial charge in [0.15, 0.2) is 0 Å². The first-order valence-electron chi connectivity index (χ1n) is 11.0. The van der Waals surface area contributed by atoms with Gasteiger partial charge in [-0.25, -0.2) is 4.79 Å². The van der Waals surface area contributed by atoms with E-state index in [-0.39, 0.29) is 5.92 Å². The maximum Gasteiger partial charge on any atom is 0.338 e. The summed E-state index contributed by atoms with van der Waals surface area (Å²) in [5, 5.41) is 22.8. The molecular formula is C24H32O7. The first-order valence-corrected chi connectivity index (χ1v) is 11.0. The van der Waals surface area contributed by atoms with Gasteiger partial charge in [-0.1, -0.05) is 32.0 Å². The Morgan fingerprint density at radius 1 is 1.03 bits per heavy atom. The molecule has 0 radical (unpaired) electrons. The van der Waals surface area contributed by atoms with Gasteiger partial charge in [0.05, 0.1) is 28.6 Å². The molecule has 31 heavy (non-hydrogen) atoms. The zero-order chi connectivity index (χ0) is 22.8. The Morgan fingerprint density at radius 3 is 2.29 bits per heavy atom. The Kier molecular flexibility index (Phi) is 5.23. The Morgan fingerprint density at radius 2 is 1.68 bits per heavy atom. The monoisotopic (exact) mass is 432 g/mol. The van der Waals surface area contributed by atoms with Crippen LogP contribution in [0.3, 0.4) is 0 Å². The summed E-state index contributed by atoms with van der Waals surface area (Å²) in [4.78, 5) is 25.0. The Balaban J connectivity index is 1.85. The Hall–Kier alpha value is -1.96. The van der Waals surface area contributed by atoms with Gasteiger partial charge in [0.2, 0.25) is 0 Å². The second-order valence-electron chi connectivity index (χ2n) is 10.0. The van der Waals surface area contributed by atoms with Gasteiger partial charge in [0.1, 0.15) is 23.9 Å². The summed E-state index contributed by atoms with van der Waals surface area (Å²) < 4.78 is 18.4. The van der Waals surface area contributed by atoms with E-state index in [1.807, 2.05) is 20.8 Å². The summed E-state index contributed by atoms with van der Waals surface area (Å²) in [5.74, 6) is -1.77. The highest BCUT2D eigenvalue weighted by molar-refractivity contribution is 5.89. The number of esters is 2. The van der Waals surface area contributed by atoms with Crippen molar-refractivity contribution in [3.8, 4) is 0 Å². The van der Waals surface area contributed by atoms with Crippen LogP contribution in [-0.4, -0.2) is 57.8 Å². The summed E-state index contributed by atoms with van der Waals surface area (Å²) in [7, 11) is 0. The zero-order valence-electron chi connectivity index (χ0n) is 18.7. The molecule has 3 aliphatic rings. The van der Waals surface area contributed by atoms with Crippen LogP contribution in [0.4, 0.5) is 0 Å². The standard InChI is InChI=1S/C24H32O7/c1-13-11-12-16(26)23(5)20(30-21(28)15-9-7-6-8-10-15)18(27)17-19(29-14(2)25)24(13,23)31-22(17,3)4/h6-10,13,16-20,26-27H,11-12H2,1-5H3/t13-,16+,17-,18-,19-,20-,23+,24-/m1/s1. The van der Waals surface area contributed by atoms with E-state index in [1.165, 1.54) is 6.92 Å². The van der Waals surface area contributed by atoms with E-state index in [4.69, 9.17) is 14.2 Å². The van der Waals surface area contributed by atoms with Gasteiger partial charge >= 0.3 is 11.9 Å². The number of carbonyl (C=O) groups excluding carboxylic acids is 2. The van der Waals surface area contributed by atoms with Gasteiger partial charge in [-0.3, -0.25) is 4.79 Å². The largest absolute Gasteiger partial charge is 0.459 e. The molecule has 1 aliphatic heterocycles. The molecule has 170 valence electrons. The van der Waals surface area contributed by atoms with Crippen LogP contribution in [0.5, 0.6) is 0 Å². The van der Waals surface area contributed by atoms with E-state index in [9.17, 15) is 19.8 Å². The lowest BCUT2D eigenvalue weighted by Gasteiger charge is -2.62. The maximum atomic E-state index is 13.0. The fraction of sp³-hybridized carbons (Fsp3) is 0.667. The molecule has 0 amide bonds. The third kappa shape index (κ3) is 2.97. The topological polar surface area (TPSA) is 102 Å². The molecule has 7 nitrogen and oxygen atoms in total. The van der Waals surface area contributed by atoms with Crippen molar-refractivity contribution in [3.05, 3.63) is 35.9 Å². The molecule has 2 bridgehead atoms. The van der Waals surface area contributed by atoms with Gasteiger partial charge < -0.3 is 24.4 Å². The van der Waals surface area contributed by atoms with Crippen molar-refractivity contribution in [1.29, 1.82) is 0 Å². The van der Waals surface area contributed by atoms with E-state index in [2.05, 4.69) is 0 Å². The van der Waals surface area contributed by atoms with Crippen LogP contribution in [-0.2, 0) is 19.0 Å². The average molecular weight is 433 g/mol. The quantitative estimate of drug-likeness (QED) is 0.708. The van der Waals surface area contributed by atoms with Crippen LogP contribution in [0.2, 0.25) is 0 Å². The molecule has 3 fully saturated rings. The SMILES string of the molecule is CC(=O)O[C@@H]1[C@H]2[C@@H](O)[C@@H](OC(=O)c3ccccc3)[C@]3(C)[C@@H](O)CC[C@@H](C)[C@@]13OC2(C)C. The van der Waals surface area contributed by atoms with Crippen LogP contribution in [0.25, 0.3) is 0 Å². The number of aliphatic hydroxyl groups excluding tert-OH is 2. The van der Waals surface area contributed by atoms with Crippen LogP contribution in [0.1, 0.15) is 57.8 Å². The van der Waals surface area contributed by atoms with Crippen molar-refractivity contribution in [1.82, 2.24) is 0 Å². The van der Waals surface area contributed by atoms with Crippen LogP contribution in [0.15, 0.2) is 30.3 Å². The fourth-order valence-electron chi connectivity index (χ4n) is 6.54.